The molecule has 0 radical (unpaired) electrons. The number of methoxy groups -OCH3 is 1. The summed E-state index contributed by atoms with van der Waals surface area (Å²) >= 11 is 1.31. The van der Waals surface area contributed by atoms with Gasteiger partial charge in [-0.2, -0.15) is 0 Å². The van der Waals surface area contributed by atoms with Crippen LogP contribution in [-0.4, -0.2) is 44.6 Å². The van der Waals surface area contributed by atoms with Crippen molar-refractivity contribution in [2.75, 3.05) is 18.2 Å². The summed E-state index contributed by atoms with van der Waals surface area (Å²) in [6, 6.07) is 14.2. The van der Waals surface area contributed by atoms with Crippen molar-refractivity contribution in [3.63, 3.8) is 0 Å². The SMILES string of the molecule is CCn1c(CCCc2ccc(OC)cc2)nnc1SCC(=O)Nc1cccc(C(=O)O)c1. The van der Waals surface area contributed by atoms with E-state index in [1.807, 2.05) is 23.6 Å². The molecule has 32 heavy (non-hydrogen) atoms. The van der Waals surface area contributed by atoms with Crippen LogP contribution in [0.4, 0.5) is 5.69 Å². The average molecular weight is 455 g/mol. The van der Waals surface area contributed by atoms with E-state index in [-0.39, 0.29) is 17.2 Å². The summed E-state index contributed by atoms with van der Waals surface area (Å²) in [7, 11) is 1.66. The van der Waals surface area contributed by atoms with Crippen LogP contribution in [0, 0.1) is 0 Å². The highest BCUT2D eigenvalue weighted by atomic mass is 32.2. The lowest BCUT2D eigenvalue weighted by Gasteiger charge is -2.08. The Morgan fingerprint density at radius 2 is 1.91 bits per heavy atom. The summed E-state index contributed by atoms with van der Waals surface area (Å²) in [4.78, 5) is 23.4. The molecule has 0 spiro atoms. The van der Waals surface area contributed by atoms with Crippen LogP contribution in [0.5, 0.6) is 5.75 Å². The maximum absolute atomic E-state index is 12.3. The normalized spacial score (nSPS) is 10.7. The first kappa shape index (κ1) is 23.3. The van der Waals surface area contributed by atoms with E-state index < -0.39 is 5.97 Å². The number of ether oxygens (including phenoxy) is 1. The van der Waals surface area contributed by atoms with Crippen molar-refractivity contribution in [3.05, 3.63) is 65.5 Å². The molecule has 3 rings (SSSR count). The van der Waals surface area contributed by atoms with Crippen molar-refractivity contribution >= 4 is 29.3 Å². The monoisotopic (exact) mass is 454 g/mol. The number of nitrogens with one attached hydrogen (secondary N) is 1. The molecule has 0 atom stereocenters. The van der Waals surface area contributed by atoms with Crippen molar-refractivity contribution in [3.8, 4) is 5.75 Å². The number of hydrogen-bond acceptors (Lipinski definition) is 6. The number of nitrogens with zero attached hydrogens (tertiary/aromatic N) is 3. The highest BCUT2D eigenvalue weighted by molar-refractivity contribution is 7.99. The molecule has 168 valence electrons. The fourth-order valence-corrected chi connectivity index (χ4v) is 4.05. The van der Waals surface area contributed by atoms with Gasteiger partial charge in [-0.15, -0.1) is 10.2 Å². The number of aryl methyl sites for hydroxylation is 2. The van der Waals surface area contributed by atoms with Crippen LogP contribution >= 0.6 is 11.8 Å². The zero-order valence-electron chi connectivity index (χ0n) is 18.1. The molecule has 2 aromatic carbocycles. The summed E-state index contributed by atoms with van der Waals surface area (Å²) in [5.74, 6) is 0.634. The van der Waals surface area contributed by atoms with Crippen molar-refractivity contribution in [2.45, 2.75) is 37.9 Å². The number of hydrogen-bond donors (Lipinski definition) is 2. The molecule has 0 bridgehead atoms. The summed E-state index contributed by atoms with van der Waals surface area (Å²) in [5, 5.41) is 21.0. The number of aromatic carboxylic acids is 1. The second kappa shape index (κ2) is 11.3. The largest absolute Gasteiger partial charge is 0.497 e. The van der Waals surface area contributed by atoms with E-state index in [1.54, 1.807) is 19.2 Å². The minimum atomic E-state index is -1.04. The lowest BCUT2D eigenvalue weighted by molar-refractivity contribution is -0.113. The van der Waals surface area contributed by atoms with Gasteiger partial charge in [-0.1, -0.05) is 30.0 Å². The number of carbonyl (C=O) groups excluding carboxylic acids is 1. The lowest BCUT2D eigenvalue weighted by atomic mass is 10.1. The molecule has 0 aliphatic carbocycles. The van der Waals surface area contributed by atoms with Crippen LogP contribution in [0.25, 0.3) is 0 Å². The van der Waals surface area contributed by atoms with Crippen molar-refractivity contribution in [1.82, 2.24) is 14.8 Å². The molecular formula is C23H26N4O4S. The van der Waals surface area contributed by atoms with Gasteiger partial charge in [0.1, 0.15) is 11.6 Å². The van der Waals surface area contributed by atoms with E-state index in [0.29, 0.717) is 10.8 Å². The van der Waals surface area contributed by atoms with E-state index >= 15 is 0 Å². The summed E-state index contributed by atoms with van der Waals surface area (Å²) in [5.41, 5.74) is 1.82. The zero-order chi connectivity index (χ0) is 22.9. The molecule has 0 fully saturated rings. The fraction of sp³-hybridized carbons (Fsp3) is 0.304. The fourth-order valence-electron chi connectivity index (χ4n) is 3.23. The van der Waals surface area contributed by atoms with E-state index in [9.17, 15) is 9.59 Å². The second-order valence-electron chi connectivity index (χ2n) is 7.07. The topological polar surface area (TPSA) is 106 Å². The Kier molecular flexibility index (Phi) is 8.27. The van der Waals surface area contributed by atoms with Crippen molar-refractivity contribution in [2.24, 2.45) is 0 Å². The molecule has 3 aromatic rings. The molecule has 0 unspecified atom stereocenters. The molecule has 1 amide bonds. The van der Waals surface area contributed by atoms with Gasteiger partial charge >= 0.3 is 5.97 Å². The standard InChI is InChI=1S/C23H26N4O4S/c1-3-27-20(9-4-6-16-10-12-19(31-2)13-11-16)25-26-23(27)32-15-21(28)24-18-8-5-7-17(14-18)22(29)30/h5,7-8,10-14H,3-4,6,9,15H2,1-2H3,(H,24,28)(H,29,30). The van der Waals surface area contributed by atoms with Gasteiger partial charge in [0.2, 0.25) is 5.91 Å². The molecule has 2 N–H and O–H groups in total. The van der Waals surface area contributed by atoms with Gasteiger partial charge in [0.15, 0.2) is 5.16 Å². The van der Waals surface area contributed by atoms with Gasteiger partial charge in [-0.3, -0.25) is 4.79 Å². The maximum Gasteiger partial charge on any atom is 0.335 e. The zero-order valence-corrected chi connectivity index (χ0v) is 18.9. The van der Waals surface area contributed by atoms with Crippen LogP contribution in [0.15, 0.2) is 53.7 Å². The first-order valence-corrected chi connectivity index (χ1v) is 11.3. The average Bonchev–Trinajstić information content (AvgIpc) is 3.20. The molecule has 1 heterocycles. The first-order chi connectivity index (χ1) is 15.5. The molecule has 0 aliphatic heterocycles. The minimum absolute atomic E-state index is 0.125. The Balaban J connectivity index is 1.52. The quantitative estimate of drug-likeness (QED) is 0.423. The van der Waals surface area contributed by atoms with Gasteiger partial charge in [0.25, 0.3) is 0 Å². The highest BCUT2D eigenvalue weighted by Crippen LogP contribution is 2.20. The first-order valence-electron chi connectivity index (χ1n) is 10.3. The summed E-state index contributed by atoms with van der Waals surface area (Å²) < 4.78 is 7.21. The van der Waals surface area contributed by atoms with E-state index in [1.165, 1.54) is 29.5 Å². The molecule has 0 aliphatic rings. The third kappa shape index (κ3) is 6.34. The number of aromatic nitrogens is 3. The lowest BCUT2D eigenvalue weighted by Crippen LogP contribution is -2.15. The number of thioether (sulfide) groups is 1. The molecular weight excluding hydrogens is 428 g/mol. The van der Waals surface area contributed by atoms with Crippen LogP contribution in [-0.2, 0) is 24.2 Å². The van der Waals surface area contributed by atoms with Crippen LogP contribution in [0.2, 0.25) is 0 Å². The predicted octanol–water partition coefficient (Wildman–Crippen LogP) is 3.91. The Labute approximate surface area is 191 Å². The predicted molar refractivity (Wildman–Crippen MR) is 123 cm³/mol. The number of carbonyl (C=O) groups is 2. The van der Waals surface area contributed by atoms with Crippen LogP contribution in [0.3, 0.4) is 0 Å². The van der Waals surface area contributed by atoms with Gasteiger partial charge in [-0.05, 0) is 55.7 Å². The number of amides is 1. The number of benzene rings is 2. The van der Waals surface area contributed by atoms with Crippen LogP contribution < -0.4 is 10.1 Å². The van der Waals surface area contributed by atoms with Crippen LogP contribution in [0.1, 0.15) is 35.1 Å². The third-order valence-corrected chi connectivity index (χ3v) is 5.83. The Hall–Kier alpha value is -3.33. The highest BCUT2D eigenvalue weighted by Gasteiger charge is 2.14. The number of anilines is 1. The molecule has 0 saturated heterocycles. The van der Waals surface area contributed by atoms with Crippen molar-refractivity contribution in [1.29, 1.82) is 0 Å². The second-order valence-corrected chi connectivity index (χ2v) is 8.01. The van der Waals surface area contributed by atoms with E-state index in [4.69, 9.17) is 9.84 Å². The smallest absolute Gasteiger partial charge is 0.335 e. The molecule has 0 saturated carbocycles. The Morgan fingerprint density at radius 3 is 2.59 bits per heavy atom. The summed E-state index contributed by atoms with van der Waals surface area (Å²) in [6.45, 7) is 2.74. The van der Waals surface area contributed by atoms with Gasteiger partial charge in [0, 0.05) is 18.7 Å². The van der Waals surface area contributed by atoms with E-state index in [2.05, 4.69) is 27.6 Å². The minimum Gasteiger partial charge on any atom is -0.497 e. The summed E-state index contributed by atoms with van der Waals surface area (Å²) in [6.07, 6.45) is 2.66. The number of rotatable bonds is 11. The number of carboxylic acid groups (broad SMARTS) is 1. The third-order valence-electron chi connectivity index (χ3n) is 4.86. The molecule has 1 aromatic heterocycles. The van der Waals surface area contributed by atoms with Gasteiger partial charge < -0.3 is 19.7 Å². The maximum atomic E-state index is 12.3. The molecule has 9 heteroatoms. The van der Waals surface area contributed by atoms with E-state index in [0.717, 1.165) is 37.4 Å². The van der Waals surface area contributed by atoms with Gasteiger partial charge in [0.05, 0.1) is 18.4 Å². The number of carboxylic acids is 1. The van der Waals surface area contributed by atoms with Gasteiger partial charge in [-0.25, -0.2) is 4.79 Å². The van der Waals surface area contributed by atoms with Crippen molar-refractivity contribution < 1.29 is 19.4 Å². The Morgan fingerprint density at radius 1 is 1.12 bits per heavy atom. The molecule has 8 nitrogen and oxygen atoms in total. The Bertz CT molecular complexity index is 1070.